The van der Waals surface area contributed by atoms with Crippen LogP contribution < -0.4 is 10.2 Å². The van der Waals surface area contributed by atoms with Crippen molar-refractivity contribution in [1.82, 2.24) is 19.2 Å². The largest absolute Gasteiger partial charge is 0.352 e. The van der Waals surface area contributed by atoms with Gasteiger partial charge in [0, 0.05) is 42.5 Å². The number of amides is 2. The molecule has 4 aromatic rings. The van der Waals surface area contributed by atoms with E-state index >= 15 is 0 Å². The first kappa shape index (κ1) is 19.7. The van der Waals surface area contributed by atoms with E-state index in [1.807, 2.05) is 59.5 Å². The summed E-state index contributed by atoms with van der Waals surface area (Å²) >= 11 is 7.41. The van der Waals surface area contributed by atoms with Crippen molar-refractivity contribution in [1.29, 1.82) is 0 Å². The summed E-state index contributed by atoms with van der Waals surface area (Å²) in [6.45, 7) is 2.63. The van der Waals surface area contributed by atoms with Gasteiger partial charge in [-0.1, -0.05) is 41.9 Å². The van der Waals surface area contributed by atoms with Crippen LogP contribution in [-0.2, 0) is 0 Å². The number of nitrogens with one attached hydrogen (secondary N) is 1. The quantitative estimate of drug-likeness (QED) is 0.487. The zero-order valence-corrected chi connectivity index (χ0v) is 18.1. The second-order valence-electron chi connectivity index (χ2n) is 7.18. The molecule has 1 fully saturated rings. The number of hydrogen-bond donors (Lipinski definition) is 1. The number of benzene rings is 2. The van der Waals surface area contributed by atoms with E-state index in [-0.39, 0.29) is 6.03 Å². The predicted molar refractivity (Wildman–Crippen MR) is 125 cm³/mol. The molecule has 1 saturated heterocycles. The van der Waals surface area contributed by atoms with Crippen molar-refractivity contribution in [3.8, 4) is 11.3 Å². The lowest BCUT2D eigenvalue weighted by Crippen LogP contribution is -2.50. The zero-order valence-electron chi connectivity index (χ0n) is 16.5. The number of urea groups is 1. The molecular formula is C22H19ClN6OS. The van der Waals surface area contributed by atoms with E-state index in [4.69, 9.17) is 11.6 Å². The maximum atomic E-state index is 12.6. The molecule has 9 heteroatoms. The molecule has 1 N–H and O–H groups in total. The maximum absolute atomic E-state index is 12.6. The van der Waals surface area contributed by atoms with Crippen LogP contribution in [0.2, 0.25) is 5.02 Å². The third-order valence-electron chi connectivity index (χ3n) is 5.25. The number of aromatic nitrogens is 3. The normalized spacial score (nSPS) is 14.1. The number of carbonyl (C=O) groups excluding carboxylic acids is 1. The van der Waals surface area contributed by atoms with Gasteiger partial charge in [-0.2, -0.15) is 4.37 Å². The van der Waals surface area contributed by atoms with E-state index in [1.165, 1.54) is 11.5 Å². The van der Waals surface area contributed by atoms with Gasteiger partial charge in [0.05, 0.1) is 0 Å². The first-order valence-electron chi connectivity index (χ1n) is 9.91. The highest BCUT2D eigenvalue weighted by atomic mass is 35.5. The standard InChI is InChI=1S/C22H19ClN6OS/c23-16-8-6-15(7-9-16)18-19-20(31-27-18)21(25-14-24-19)28-10-12-29(13-11-28)22(30)26-17-4-2-1-3-5-17/h1-9,14H,10-13H2,(H,26,30). The molecule has 1 aliphatic heterocycles. The molecule has 31 heavy (non-hydrogen) atoms. The molecule has 7 nitrogen and oxygen atoms in total. The highest BCUT2D eigenvalue weighted by Crippen LogP contribution is 2.34. The minimum atomic E-state index is -0.0819. The van der Waals surface area contributed by atoms with Gasteiger partial charge in [0.15, 0.2) is 5.82 Å². The number of hydrogen-bond acceptors (Lipinski definition) is 6. The van der Waals surface area contributed by atoms with Crippen LogP contribution in [0.5, 0.6) is 0 Å². The summed E-state index contributed by atoms with van der Waals surface area (Å²) in [6.07, 6.45) is 1.58. The number of anilines is 2. The molecule has 2 amide bonds. The number of para-hydroxylation sites is 1. The van der Waals surface area contributed by atoms with Crippen LogP contribution in [0.1, 0.15) is 0 Å². The van der Waals surface area contributed by atoms with Crippen LogP contribution in [0.3, 0.4) is 0 Å². The van der Waals surface area contributed by atoms with Crippen LogP contribution >= 0.6 is 23.1 Å². The Morgan fingerprint density at radius 2 is 1.71 bits per heavy atom. The van der Waals surface area contributed by atoms with Gasteiger partial charge in [0.1, 0.15) is 22.2 Å². The van der Waals surface area contributed by atoms with Gasteiger partial charge in [-0.25, -0.2) is 14.8 Å². The number of halogens is 1. The third kappa shape index (κ3) is 4.04. The number of carbonyl (C=O) groups is 1. The molecule has 0 unspecified atom stereocenters. The first-order chi connectivity index (χ1) is 15.2. The summed E-state index contributed by atoms with van der Waals surface area (Å²) in [5.74, 6) is 0.867. The molecule has 5 rings (SSSR count). The van der Waals surface area contributed by atoms with Gasteiger partial charge in [0.25, 0.3) is 0 Å². The second kappa shape index (κ2) is 8.49. The molecule has 0 bridgehead atoms. The van der Waals surface area contributed by atoms with Crippen molar-refractivity contribution in [3.05, 3.63) is 65.9 Å². The van der Waals surface area contributed by atoms with Crippen LogP contribution in [0.4, 0.5) is 16.3 Å². The minimum Gasteiger partial charge on any atom is -0.352 e. The SMILES string of the molecule is O=C(Nc1ccccc1)N1CCN(c2ncnc3c(-c4ccc(Cl)cc4)nsc23)CC1. The fourth-order valence-corrected chi connectivity index (χ4v) is 4.62. The van der Waals surface area contributed by atoms with Gasteiger partial charge in [-0.05, 0) is 35.8 Å². The van der Waals surface area contributed by atoms with Crippen LogP contribution in [0.15, 0.2) is 60.9 Å². The van der Waals surface area contributed by atoms with Gasteiger partial charge < -0.3 is 15.1 Å². The van der Waals surface area contributed by atoms with Gasteiger partial charge in [-0.3, -0.25) is 0 Å². The van der Waals surface area contributed by atoms with Crippen LogP contribution in [-0.4, -0.2) is 51.5 Å². The average molecular weight is 451 g/mol. The lowest BCUT2D eigenvalue weighted by Gasteiger charge is -2.35. The predicted octanol–water partition coefficient (Wildman–Crippen LogP) is 4.76. The lowest BCUT2D eigenvalue weighted by molar-refractivity contribution is 0.208. The Morgan fingerprint density at radius 1 is 0.968 bits per heavy atom. The summed E-state index contributed by atoms with van der Waals surface area (Å²) in [5.41, 5.74) is 3.44. The van der Waals surface area contributed by atoms with Gasteiger partial charge in [0.2, 0.25) is 0 Å². The Balaban J connectivity index is 1.32. The summed E-state index contributed by atoms with van der Waals surface area (Å²) < 4.78 is 5.59. The molecule has 156 valence electrons. The highest BCUT2D eigenvalue weighted by Gasteiger charge is 2.24. The second-order valence-corrected chi connectivity index (χ2v) is 8.39. The van der Waals surface area contributed by atoms with Gasteiger partial charge >= 0.3 is 6.03 Å². The van der Waals surface area contributed by atoms with Crippen LogP contribution in [0.25, 0.3) is 21.5 Å². The van der Waals surface area contributed by atoms with Crippen LogP contribution in [0, 0.1) is 0 Å². The average Bonchev–Trinajstić information content (AvgIpc) is 3.25. The van der Waals surface area contributed by atoms with Crippen molar-refractivity contribution in [2.24, 2.45) is 0 Å². The van der Waals surface area contributed by atoms with Gasteiger partial charge in [-0.15, -0.1) is 0 Å². The molecule has 0 radical (unpaired) electrons. The Hall–Kier alpha value is -3.23. The van der Waals surface area contributed by atoms with E-state index < -0.39 is 0 Å². The molecule has 0 aliphatic carbocycles. The summed E-state index contributed by atoms with van der Waals surface area (Å²) in [4.78, 5) is 25.6. The monoisotopic (exact) mass is 450 g/mol. The molecule has 2 aromatic heterocycles. The van der Waals surface area contributed by atoms with E-state index in [1.54, 1.807) is 6.33 Å². The van der Waals surface area contributed by atoms with Crippen molar-refractivity contribution in [3.63, 3.8) is 0 Å². The summed E-state index contributed by atoms with van der Waals surface area (Å²) in [5, 5.41) is 3.63. The van der Waals surface area contributed by atoms with E-state index in [9.17, 15) is 4.79 Å². The van der Waals surface area contributed by atoms with E-state index in [0.717, 1.165) is 33.0 Å². The number of rotatable bonds is 3. The molecule has 0 atom stereocenters. The smallest absolute Gasteiger partial charge is 0.321 e. The Bertz CT molecular complexity index is 1210. The Labute approximate surface area is 188 Å². The van der Waals surface area contributed by atoms with Crippen molar-refractivity contribution in [2.75, 3.05) is 36.4 Å². The lowest BCUT2D eigenvalue weighted by atomic mass is 10.1. The molecule has 2 aromatic carbocycles. The molecule has 3 heterocycles. The maximum Gasteiger partial charge on any atom is 0.321 e. The highest BCUT2D eigenvalue weighted by molar-refractivity contribution is 7.14. The molecule has 1 aliphatic rings. The van der Waals surface area contributed by atoms with Crippen molar-refractivity contribution < 1.29 is 4.79 Å². The van der Waals surface area contributed by atoms with Crippen molar-refractivity contribution in [2.45, 2.75) is 0 Å². The zero-order chi connectivity index (χ0) is 21.2. The first-order valence-corrected chi connectivity index (χ1v) is 11.1. The fourth-order valence-electron chi connectivity index (χ4n) is 3.62. The van der Waals surface area contributed by atoms with Crippen molar-refractivity contribution >= 4 is 50.9 Å². The number of piperazine rings is 1. The Morgan fingerprint density at radius 3 is 2.45 bits per heavy atom. The topological polar surface area (TPSA) is 74.2 Å². The van der Waals surface area contributed by atoms with E-state index in [2.05, 4.69) is 24.6 Å². The molecular weight excluding hydrogens is 432 g/mol. The summed E-state index contributed by atoms with van der Waals surface area (Å²) in [6, 6.07) is 17.0. The minimum absolute atomic E-state index is 0.0819. The fraction of sp³-hybridized carbons (Fsp3) is 0.182. The summed E-state index contributed by atoms with van der Waals surface area (Å²) in [7, 11) is 0. The third-order valence-corrected chi connectivity index (χ3v) is 6.33. The Kier molecular flexibility index (Phi) is 5.40. The molecule has 0 saturated carbocycles. The van der Waals surface area contributed by atoms with E-state index in [0.29, 0.717) is 31.2 Å². The number of nitrogens with zero attached hydrogens (tertiary/aromatic N) is 5. The molecule has 0 spiro atoms. The number of fused-ring (bicyclic) bond motifs is 1.